The Labute approximate surface area is 135 Å². The summed E-state index contributed by atoms with van der Waals surface area (Å²) in [4.78, 5) is 28.1. The van der Waals surface area contributed by atoms with Gasteiger partial charge in [-0.1, -0.05) is 0 Å². The summed E-state index contributed by atoms with van der Waals surface area (Å²) in [6.45, 7) is 3.61. The number of amides is 2. The first kappa shape index (κ1) is 16.0. The lowest BCUT2D eigenvalue weighted by atomic mass is 10.1. The summed E-state index contributed by atoms with van der Waals surface area (Å²) in [7, 11) is 1.68. The average molecular weight is 321 g/mol. The standard InChI is InChI=1S/C16H23N3O4/c1-22-13-7-12(8-18-4-2-3-5-18)19(9-13)16(21)11-6-14(15(17)20)23-10-11/h6,10,12-13H,2-5,7-9H2,1H3,(H2,17,20)/t12-,13-/m0/s1. The molecule has 7 nitrogen and oxygen atoms in total. The van der Waals surface area contributed by atoms with E-state index in [1.807, 2.05) is 4.90 Å². The Morgan fingerprint density at radius 1 is 1.39 bits per heavy atom. The number of hydrogen-bond acceptors (Lipinski definition) is 5. The second-order valence-corrected chi connectivity index (χ2v) is 6.28. The second kappa shape index (κ2) is 6.72. The van der Waals surface area contributed by atoms with Crippen LogP contribution in [0.2, 0.25) is 0 Å². The van der Waals surface area contributed by atoms with Crippen molar-refractivity contribution in [1.82, 2.24) is 9.80 Å². The van der Waals surface area contributed by atoms with Gasteiger partial charge in [-0.15, -0.1) is 0 Å². The molecule has 3 heterocycles. The normalized spacial score (nSPS) is 25.2. The van der Waals surface area contributed by atoms with Crippen LogP contribution in [-0.2, 0) is 4.74 Å². The van der Waals surface area contributed by atoms with E-state index in [1.165, 1.54) is 25.2 Å². The van der Waals surface area contributed by atoms with Crippen LogP contribution in [0.25, 0.3) is 0 Å². The van der Waals surface area contributed by atoms with Gasteiger partial charge in [0, 0.05) is 32.3 Å². The van der Waals surface area contributed by atoms with Crippen molar-refractivity contribution in [1.29, 1.82) is 0 Å². The molecule has 2 atom stereocenters. The number of furan rings is 1. The molecule has 0 radical (unpaired) electrons. The highest BCUT2D eigenvalue weighted by Gasteiger charge is 2.37. The Kier molecular flexibility index (Phi) is 4.68. The van der Waals surface area contributed by atoms with Crippen molar-refractivity contribution >= 4 is 11.8 Å². The van der Waals surface area contributed by atoms with Crippen LogP contribution in [-0.4, -0.2) is 67.0 Å². The Morgan fingerprint density at radius 3 is 2.74 bits per heavy atom. The minimum atomic E-state index is -0.672. The maximum Gasteiger partial charge on any atom is 0.284 e. The molecule has 0 bridgehead atoms. The summed E-state index contributed by atoms with van der Waals surface area (Å²) >= 11 is 0. The van der Waals surface area contributed by atoms with Crippen LogP contribution in [0.5, 0.6) is 0 Å². The highest BCUT2D eigenvalue weighted by molar-refractivity contribution is 5.98. The van der Waals surface area contributed by atoms with Crippen molar-refractivity contribution in [2.45, 2.75) is 31.4 Å². The van der Waals surface area contributed by atoms with Crippen molar-refractivity contribution in [3.63, 3.8) is 0 Å². The van der Waals surface area contributed by atoms with Gasteiger partial charge in [0.05, 0.1) is 11.7 Å². The predicted molar refractivity (Wildman–Crippen MR) is 83.1 cm³/mol. The summed E-state index contributed by atoms with van der Waals surface area (Å²) in [5.74, 6) is -0.800. The third kappa shape index (κ3) is 3.40. The van der Waals surface area contributed by atoms with Gasteiger partial charge in [0.15, 0.2) is 5.76 Å². The average Bonchev–Trinajstić information content (AvgIpc) is 3.27. The molecule has 23 heavy (non-hydrogen) atoms. The Bertz CT molecular complexity index is 580. The fourth-order valence-corrected chi connectivity index (χ4v) is 3.47. The molecule has 2 amide bonds. The molecule has 2 N–H and O–H groups in total. The third-order valence-electron chi connectivity index (χ3n) is 4.73. The van der Waals surface area contributed by atoms with Gasteiger partial charge < -0.3 is 24.7 Å². The first-order valence-corrected chi connectivity index (χ1v) is 8.03. The van der Waals surface area contributed by atoms with E-state index in [0.29, 0.717) is 12.1 Å². The molecule has 0 aromatic carbocycles. The van der Waals surface area contributed by atoms with E-state index >= 15 is 0 Å². The number of nitrogens with two attached hydrogens (primary N) is 1. The lowest BCUT2D eigenvalue weighted by Crippen LogP contribution is -2.42. The first-order valence-electron chi connectivity index (χ1n) is 8.03. The molecule has 1 aromatic rings. The van der Waals surface area contributed by atoms with E-state index in [0.717, 1.165) is 26.1 Å². The minimum absolute atomic E-state index is 0.00642. The Balaban J connectivity index is 1.73. The molecular formula is C16H23N3O4. The maximum absolute atomic E-state index is 12.8. The van der Waals surface area contributed by atoms with Gasteiger partial charge in [0.25, 0.3) is 11.8 Å². The van der Waals surface area contributed by atoms with Crippen LogP contribution in [0.15, 0.2) is 16.7 Å². The predicted octanol–water partition coefficient (Wildman–Crippen LogP) is 0.704. The van der Waals surface area contributed by atoms with Gasteiger partial charge in [-0.3, -0.25) is 9.59 Å². The number of carbonyl (C=O) groups excluding carboxylic acids is 2. The SMILES string of the molecule is CO[C@H]1C[C@@H](CN2CCCC2)N(C(=O)c2coc(C(N)=O)c2)C1. The van der Waals surface area contributed by atoms with Gasteiger partial charge in [-0.2, -0.15) is 0 Å². The van der Waals surface area contributed by atoms with Gasteiger partial charge in [0.2, 0.25) is 0 Å². The van der Waals surface area contributed by atoms with Gasteiger partial charge in [-0.05, 0) is 32.4 Å². The zero-order valence-electron chi connectivity index (χ0n) is 13.4. The fourth-order valence-electron chi connectivity index (χ4n) is 3.47. The van der Waals surface area contributed by atoms with Crippen LogP contribution in [0, 0.1) is 0 Å². The fraction of sp³-hybridized carbons (Fsp3) is 0.625. The molecule has 0 spiro atoms. The van der Waals surface area contributed by atoms with E-state index in [-0.39, 0.29) is 23.8 Å². The molecule has 2 saturated heterocycles. The number of rotatable bonds is 5. The topological polar surface area (TPSA) is 89.0 Å². The van der Waals surface area contributed by atoms with E-state index in [4.69, 9.17) is 14.9 Å². The summed E-state index contributed by atoms with van der Waals surface area (Å²) in [6.07, 6.45) is 4.62. The lowest BCUT2D eigenvalue weighted by molar-refractivity contribution is 0.0669. The number of nitrogens with zero attached hydrogens (tertiary/aromatic N) is 2. The minimum Gasteiger partial charge on any atom is -0.458 e. The highest BCUT2D eigenvalue weighted by Crippen LogP contribution is 2.25. The number of likely N-dealkylation sites (tertiary alicyclic amines) is 2. The molecule has 0 aliphatic carbocycles. The lowest BCUT2D eigenvalue weighted by Gasteiger charge is -2.27. The monoisotopic (exact) mass is 321 g/mol. The smallest absolute Gasteiger partial charge is 0.284 e. The number of primary amides is 1. The van der Waals surface area contributed by atoms with Crippen LogP contribution in [0.3, 0.4) is 0 Å². The maximum atomic E-state index is 12.8. The molecule has 2 fully saturated rings. The second-order valence-electron chi connectivity index (χ2n) is 6.28. The van der Waals surface area contributed by atoms with Crippen molar-refractivity contribution in [3.8, 4) is 0 Å². The molecule has 0 unspecified atom stereocenters. The largest absolute Gasteiger partial charge is 0.458 e. The number of hydrogen-bond donors (Lipinski definition) is 1. The van der Waals surface area contributed by atoms with E-state index in [1.54, 1.807) is 7.11 Å². The molecule has 2 aliphatic rings. The molecule has 3 rings (SSSR count). The van der Waals surface area contributed by atoms with Gasteiger partial charge >= 0.3 is 0 Å². The zero-order chi connectivity index (χ0) is 16.4. The van der Waals surface area contributed by atoms with Crippen LogP contribution >= 0.6 is 0 Å². The third-order valence-corrected chi connectivity index (χ3v) is 4.73. The quantitative estimate of drug-likeness (QED) is 0.862. The van der Waals surface area contributed by atoms with E-state index in [9.17, 15) is 9.59 Å². The Morgan fingerprint density at radius 2 is 2.13 bits per heavy atom. The van der Waals surface area contributed by atoms with Gasteiger partial charge in [0.1, 0.15) is 6.26 Å². The summed E-state index contributed by atoms with van der Waals surface area (Å²) in [5, 5.41) is 0. The number of ether oxygens (including phenoxy) is 1. The molecule has 126 valence electrons. The summed E-state index contributed by atoms with van der Waals surface area (Å²) in [6, 6.07) is 1.54. The molecule has 0 saturated carbocycles. The summed E-state index contributed by atoms with van der Waals surface area (Å²) in [5.41, 5.74) is 5.54. The molecule has 7 heteroatoms. The van der Waals surface area contributed by atoms with E-state index < -0.39 is 5.91 Å². The van der Waals surface area contributed by atoms with Gasteiger partial charge in [-0.25, -0.2) is 0 Å². The van der Waals surface area contributed by atoms with E-state index in [2.05, 4.69) is 4.90 Å². The van der Waals surface area contributed by atoms with Crippen molar-refractivity contribution < 1.29 is 18.7 Å². The number of methoxy groups -OCH3 is 1. The molecule has 2 aliphatic heterocycles. The van der Waals surface area contributed by atoms with Crippen LogP contribution < -0.4 is 5.73 Å². The Hall–Kier alpha value is -1.86. The van der Waals surface area contributed by atoms with Crippen molar-refractivity contribution in [2.24, 2.45) is 5.73 Å². The summed E-state index contributed by atoms with van der Waals surface area (Å²) < 4.78 is 10.5. The zero-order valence-corrected chi connectivity index (χ0v) is 13.4. The molecular weight excluding hydrogens is 298 g/mol. The molecule has 1 aromatic heterocycles. The van der Waals surface area contributed by atoms with Crippen LogP contribution in [0.4, 0.5) is 0 Å². The highest BCUT2D eigenvalue weighted by atomic mass is 16.5. The van der Waals surface area contributed by atoms with Crippen molar-refractivity contribution in [3.05, 3.63) is 23.7 Å². The van der Waals surface area contributed by atoms with Crippen molar-refractivity contribution in [2.75, 3.05) is 33.3 Å². The number of carbonyl (C=O) groups is 2. The first-order chi connectivity index (χ1) is 11.1. The van der Waals surface area contributed by atoms with Crippen LogP contribution in [0.1, 0.15) is 40.2 Å².